The summed E-state index contributed by atoms with van der Waals surface area (Å²) < 4.78 is 46.4. The Bertz CT molecular complexity index is 550. The number of aliphatic hydroxyl groups excluding tert-OH is 2. The molecule has 0 radical (unpaired) electrons. The van der Waals surface area contributed by atoms with Crippen LogP contribution in [0.2, 0.25) is 0 Å². The van der Waals surface area contributed by atoms with Gasteiger partial charge < -0.3 is 48.1 Å². The fraction of sp³-hybridized carbons (Fsp3) is 1.00. The van der Waals surface area contributed by atoms with Crippen molar-refractivity contribution >= 4 is 0 Å². The van der Waals surface area contributed by atoms with E-state index in [0.29, 0.717) is 19.3 Å². The van der Waals surface area contributed by atoms with Crippen molar-refractivity contribution in [3.05, 3.63) is 0 Å². The lowest BCUT2D eigenvalue weighted by atomic mass is 9.99. The van der Waals surface area contributed by atoms with Gasteiger partial charge in [0.1, 0.15) is 18.3 Å². The van der Waals surface area contributed by atoms with Crippen molar-refractivity contribution < 1.29 is 48.1 Å². The van der Waals surface area contributed by atoms with E-state index in [1.54, 1.807) is 28.3 Å². The van der Waals surface area contributed by atoms with Gasteiger partial charge in [-0.05, 0) is 20.8 Å². The molecule has 31 heavy (non-hydrogen) atoms. The Kier molecular flexibility index (Phi) is 9.07. The van der Waals surface area contributed by atoms with E-state index in [1.807, 2.05) is 13.8 Å². The van der Waals surface area contributed by atoms with E-state index in [1.165, 1.54) is 0 Å². The monoisotopic (exact) mass is 450 g/mol. The van der Waals surface area contributed by atoms with Crippen molar-refractivity contribution in [1.29, 1.82) is 0 Å². The second-order valence-electron chi connectivity index (χ2n) is 8.56. The zero-order chi connectivity index (χ0) is 22.7. The largest absolute Gasteiger partial charge is 0.388 e. The van der Waals surface area contributed by atoms with Gasteiger partial charge in [0, 0.05) is 40.6 Å². The predicted molar refractivity (Wildman–Crippen MR) is 107 cm³/mol. The molecule has 12 atom stereocenters. The first-order chi connectivity index (χ1) is 14.8. The van der Waals surface area contributed by atoms with Crippen LogP contribution in [-0.2, 0) is 37.9 Å². The SMILES string of the molecule is CO[C@H]1C[C@@H](O[C@H]2[C@@H](OC)C[C@H](O[C@H]3[C@@H](OC)CC(O)O[C@@H]3C)O[C@@H]2C)O[C@H](C)[C@H]1O. The molecule has 0 aromatic heterocycles. The van der Waals surface area contributed by atoms with Gasteiger partial charge in [0.25, 0.3) is 0 Å². The molecule has 10 heteroatoms. The summed E-state index contributed by atoms with van der Waals surface area (Å²) in [6.07, 6.45) is -4.26. The average molecular weight is 451 g/mol. The highest BCUT2D eigenvalue weighted by atomic mass is 16.7. The van der Waals surface area contributed by atoms with Crippen LogP contribution >= 0.6 is 0 Å². The Balaban J connectivity index is 1.60. The molecule has 3 heterocycles. The molecule has 2 N–H and O–H groups in total. The van der Waals surface area contributed by atoms with Gasteiger partial charge in [-0.1, -0.05) is 0 Å². The van der Waals surface area contributed by atoms with E-state index < -0.39 is 31.1 Å². The van der Waals surface area contributed by atoms with Crippen LogP contribution in [0, 0.1) is 0 Å². The van der Waals surface area contributed by atoms with E-state index in [2.05, 4.69) is 0 Å². The minimum atomic E-state index is -0.872. The Labute approximate surface area is 184 Å². The number of ether oxygens (including phenoxy) is 8. The maximum Gasteiger partial charge on any atom is 0.161 e. The second kappa shape index (κ2) is 11.1. The molecule has 0 saturated carbocycles. The molecule has 0 aromatic carbocycles. The quantitative estimate of drug-likeness (QED) is 0.570. The molecule has 3 fully saturated rings. The smallest absolute Gasteiger partial charge is 0.161 e. The zero-order valence-corrected chi connectivity index (χ0v) is 19.2. The molecule has 3 aliphatic heterocycles. The van der Waals surface area contributed by atoms with Crippen molar-refractivity contribution in [2.75, 3.05) is 21.3 Å². The lowest BCUT2D eigenvalue weighted by Gasteiger charge is -2.45. The van der Waals surface area contributed by atoms with Crippen molar-refractivity contribution in [3.63, 3.8) is 0 Å². The van der Waals surface area contributed by atoms with Crippen LogP contribution in [0.4, 0.5) is 0 Å². The van der Waals surface area contributed by atoms with Gasteiger partial charge in [-0.15, -0.1) is 0 Å². The lowest BCUT2D eigenvalue weighted by molar-refractivity contribution is -0.334. The van der Waals surface area contributed by atoms with E-state index in [4.69, 9.17) is 37.9 Å². The van der Waals surface area contributed by atoms with E-state index in [-0.39, 0.29) is 42.7 Å². The highest BCUT2D eigenvalue weighted by Crippen LogP contribution is 2.33. The summed E-state index contributed by atoms with van der Waals surface area (Å²) in [5.41, 5.74) is 0. The molecule has 0 bridgehead atoms. The summed E-state index contributed by atoms with van der Waals surface area (Å²) in [5.74, 6) is 0. The summed E-state index contributed by atoms with van der Waals surface area (Å²) in [6.45, 7) is 5.54. The molecule has 0 amide bonds. The zero-order valence-electron chi connectivity index (χ0n) is 19.2. The summed E-state index contributed by atoms with van der Waals surface area (Å²) in [5, 5.41) is 20.0. The molecule has 182 valence electrons. The minimum absolute atomic E-state index is 0.285. The second-order valence-corrected chi connectivity index (χ2v) is 8.56. The molecule has 3 saturated heterocycles. The van der Waals surface area contributed by atoms with Crippen LogP contribution in [0.3, 0.4) is 0 Å². The number of hydrogen-bond acceptors (Lipinski definition) is 10. The summed E-state index contributed by atoms with van der Waals surface area (Å²) in [6, 6.07) is 0. The van der Waals surface area contributed by atoms with Crippen LogP contribution in [0.1, 0.15) is 40.0 Å². The summed E-state index contributed by atoms with van der Waals surface area (Å²) in [7, 11) is 4.79. The maximum absolute atomic E-state index is 10.2. The van der Waals surface area contributed by atoms with Gasteiger partial charge in [0.15, 0.2) is 18.9 Å². The lowest BCUT2D eigenvalue weighted by Crippen LogP contribution is -2.56. The fourth-order valence-electron chi connectivity index (χ4n) is 4.64. The van der Waals surface area contributed by atoms with E-state index in [9.17, 15) is 10.2 Å². The standard InChI is InChI=1S/C21H38O10/c1-10-19(23)13(24-4)8-17(28-10)30-21-12(3)29-18(9-15(21)26-6)31-20-11(2)27-16(22)7-14(20)25-5/h10-23H,7-9H2,1-6H3/t10-,11-,12-,13+,14+,15+,16?,17-,18+,19-,20-,21-/m1/s1. The Morgan fingerprint density at radius 2 is 1.06 bits per heavy atom. The van der Waals surface area contributed by atoms with Gasteiger partial charge in [-0.25, -0.2) is 0 Å². The van der Waals surface area contributed by atoms with Crippen LogP contribution in [-0.4, -0.2) is 105 Å². The summed E-state index contributed by atoms with van der Waals surface area (Å²) in [4.78, 5) is 0. The molecule has 3 rings (SSSR count). The Hall–Kier alpha value is -0.400. The Morgan fingerprint density at radius 1 is 0.613 bits per heavy atom. The molecular formula is C21H38O10. The Morgan fingerprint density at radius 3 is 1.61 bits per heavy atom. The normalized spacial score (nSPS) is 49.2. The van der Waals surface area contributed by atoms with Crippen molar-refractivity contribution in [2.45, 2.75) is 114 Å². The van der Waals surface area contributed by atoms with Crippen molar-refractivity contribution in [3.8, 4) is 0 Å². The van der Waals surface area contributed by atoms with Crippen LogP contribution in [0.25, 0.3) is 0 Å². The first kappa shape index (κ1) is 25.2. The van der Waals surface area contributed by atoms with Gasteiger partial charge >= 0.3 is 0 Å². The first-order valence-corrected chi connectivity index (χ1v) is 11.0. The topological polar surface area (TPSA) is 114 Å². The third-order valence-corrected chi connectivity index (χ3v) is 6.43. The molecule has 10 nitrogen and oxygen atoms in total. The van der Waals surface area contributed by atoms with Crippen LogP contribution < -0.4 is 0 Å². The molecular weight excluding hydrogens is 412 g/mol. The highest BCUT2D eigenvalue weighted by molar-refractivity contribution is 4.88. The average Bonchev–Trinajstić information content (AvgIpc) is 2.73. The van der Waals surface area contributed by atoms with Crippen molar-refractivity contribution in [2.24, 2.45) is 0 Å². The fourth-order valence-corrected chi connectivity index (χ4v) is 4.64. The van der Waals surface area contributed by atoms with Gasteiger partial charge in [0.2, 0.25) is 0 Å². The molecule has 3 aliphatic rings. The maximum atomic E-state index is 10.2. The predicted octanol–water partition coefficient (Wildman–Crippen LogP) is 0.560. The number of rotatable bonds is 7. The molecule has 0 aromatic rings. The number of hydrogen-bond donors (Lipinski definition) is 2. The van der Waals surface area contributed by atoms with E-state index >= 15 is 0 Å². The third-order valence-electron chi connectivity index (χ3n) is 6.43. The van der Waals surface area contributed by atoms with Crippen molar-refractivity contribution in [1.82, 2.24) is 0 Å². The molecule has 1 unspecified atom stereocenters. The van der Waals surface area contributed by atoms with E-state index in [0.717, 1.165) is 0 Å². The van der Waals surface area contributed by atoms with Crippen LogP contribution in [0.5, 0.6) is 0 Å². The number of methoxy groups -OCH3 is 3. The number of aliphatic hydroxyl groups is 2. The van der Waals surface area contributed by atoms with Crippen LogP contribution in [0.15, 0.2) is 0 Å². The van der Waals surface area contributed by atoms with Gasteiger partial charge in [-0.3, -0.25) is 0 Å². The third kappa shape index (κ3) is 5.94. The van der Waals surface area contributed by atoms with Gasteiger partial charge in [0.05, 0.1) is 36.6 Å². The molecule has 0 aliphatic carbocycles. The molecule has 0 spiro atoms. The first-order valence-electron chi connectivity index (χ1n) is 11.0. The highest BCUT2D eigenvalue weighted by Gasteiger charge is 2.45. The summed E-state index contributed by atoms with van der Waals surface area (Å²) >= 11 is 0. The van der Waals surface area contributed by atoms with Gasteiger partial charge in [-0.2, -0.15) is 0 Å². The minimum Gasteiger partial charge on any atom is -0.388 e.